The summed E-state index contributed by atoms with van der Waals surface area (Å²) in [5.74, 6) is -0.264. The van der Waals surface area contributed by atoms with Crippen molar-refractivity contribution < 1.29 is 43.0 Å². The summed E-state index contributed by atoms with van der Waals surface area (Å²) in [5.41, 5.74) is 0.716. The summed E-state index contributed by atoms with van der Waals surface area (Å²) in [4.78, 5) is 86.2. The molecule has 0 aliphatic carbocycles. The Bertz CT molecular complexity index is 1960. The van der Waals surface area contributed by atoms with Crippen LogP contribution in [0, 0.1) is 22.7 Å². The maximum atomic E-state index is 14.4. The van der Waals surface area contributed by atoms with Gasteiger partial charge in [0, 0.05) is 11.8 Å². The molecule has 6 amide bonds. The second-order valence-corrected chi connectivity index (χ2v) is 22.9. The summed E-state index contributed by atoms with van der Waals surface area (Å²) < 4.78 is 18.1. The van der Waals surface area contributed by atoms with Crippen molar-refractivity contribution >= 4 is 194 Å². The average molecular weight is 1330 g/mol. The Morgan fingerprint density at radius 2 is 0.861 bits per heavy atom. The SMILES string of the molecule is CC[C@@H](C)C(=O)N[C@H]1CCS[C@H]2CC(C)(C)C(C(=O)N[C@H](COCCOCCOC[C@@H](NC(=O)[C@H]3N4C(=O)[C@@H](NC(=O)[C@H](C)CC)CCS[C@H]4CC3(C)C)c3ccccc3)c3ccccc3)N2C1=O.S.S.S.S.S.S.S.S.S.S. The zero-order chi connectivity index (χ0) is 49.9. The number of rotatable bonds is 22. The molecule has 0 bridgehead atoms. The van der Waals surface area contributed by atoms with Gasteiger partial charge in [0.1, 0.15) is 24.2 Å². The first-order valence-electron chi connectivity index (χ1n) is 24.9. The molecule has 1 unspecified atom stereocenters. The summed E-state index contributed by atoms with van der Waals surface area (Å²) in [5, 5.41) is 12.1. The van der Waals surface area contributed by atoms with Gasteiger partial charge in [-0.05, 0) is 72.0 Å². The molecule has 10 atom stereocenters. The normalized spacial score (nSPS) is 22.5. The molecule has 460 valence electrons. The van der Waals surface area contributed by atoms with E-state index in [0.29, 0.717) is 50.0 Å². The lowest BCUT2D eigenvalue weighted by atomic mass is 9.83. The first kappa shape index (κ1) is 87.1. The molecule has 2 aromatic rings. The highest BCUT2D eigenvalue weighted by Crippen LogP contribution is 2.48. The minimum absolute atomic E-state index is 0. The molecule has 4 fully saturated rings. The summed E-state index contributed by atoms with van der Waals surface area (Å²) >= 11 is 3.34. The monoisotopic (exact) mass is 1330 g/mol. The van der Waals surface area contributed by atoms with Gasteiger partial charge in [-0.3, -0.25) is 28.8 Å². The molecule has 2 aromatic carbocycles. The van der Waals surface area contributed by atoms with E-state index in [1.807, 2.05) is 116 Å². The highest BCUT2D eigenvalue weighted by atomic mass is 32.2. The Hall–Kier alpha value is -0.660. The number of carbonyl (C=O) groups is 6. The van der Waals surface area contributed by atoms with Crippen molar-refractivity contribution in [2.45, 2.75) is 141 Å². The lowest BCUT2D eigenvalue weighted by Crippen LogP contribution is -2.57. The van der Waals surface area contributed by atoms with Crippen molar-refractivity contribution in [3.63, 3.8) is 0 Å². The topological polar surface area (TPSA) is 185 Å². The van der Waals surface area contributed by atoms with E-state index in [9.17, 15) is 28.8 Å². The molecule has 0 saturated carbocycles. The van der Waals surface area contributed by atoms with Gasteiger partial charge < -0.3 is 45.3 Å². The van der Waals surface area contributed by atoms with Gasteiger partial charge in [-0.15, -0.1) is 23.5 Å². The minimum Gasteiger partial charge on any atom is -0.377 e. The smallest absolute Gasteiger partial charge is 0.246 e. The molecule has 0 aromatic heterocycles. The van der Waals surface area contributed by atoms with E-state index in [-0.39, 0.29) is 233 Å². The van der Waals surface area contributed by atoms with Crippen molar-refractivity contribution in [1.82, 2.24) is 31.1 Å². The Kier molecular flexibility index (Phi) is 45.7. The number of nitrogens with zero attached hydrogens (tertiary/aromatic N) is 2. The van der Waals surface area contributed by atoms with Gasteiger partial charge in [0.15, 0.2) is 0 Å². The molecule has 4 N–H and O–H groups in total. The van der Waals surface area contributed by atoms with Crippen LogP contribution in [0.4, 0.5) is 0 Å². The van der Waals surface area contributed by atoms with E-state index in [4.69, 9.17) is 14.2 Å². The Morgan fingerprint density at radius 3 is 1.18 bits per heavy atom. The third-order valence-corrected chi connectivity index (χ3v) is 16.7. The van der Waals surface area contributed by atoms with Crippen LogP contribution < -0.4 is 21.3 Å². The molecule has 4 aliphatic rings. The number of benzene rings is 2. The molecule has 4 heterocycles. The number of thioether (sulfide) groups is 2. The van der Waals surface area contributed by atoms with Gasteiger partial charge in [0.05, 0.1) is 62.5 Å². The predicted molar refractivity (Wildman–Crippen MR) is 373 cm³/mol. The van der Waals surface area contributed by atoms with E-state index in [0.717, 1.165) is 11.1 Å². The fourth-order valence-electron chi connectivity index (χ4n) is 9.76. The van der Waals surface area contributed by atoms with Crippen molar-refractivity contribution in [3.8, 4) is 0 Å². The van der Waals surface area contributed by atoms with Gasteiger partial charge >= 0.3 is 0 Å². The Labute approximate surface area is 549 Å². The quantitative estimate of drug-likeness (QED) is 0.0881. The average Bonchev–Trinajstić information content (AvgIpc) is 3.65. The molecule has 4 aliphatic heterocycles. The van der Waals surface area contributed by atoms with Gasteiger partial charge in [-0.1, -0.05) is 116 Å². The van der Waals surface area contributed by atoms with Crippen LogP contribution in [0.15, 0.2) is 60.7 Å². The summed E-state index contributed by atoms with van der Waals surface area (Å²) in [6.45, 7) is 17.1. The van der Waals surface area contributed by atoms with Gasteiger partial charge in [0.25, 0.3) is 0 Å². The highest BCUT2D eigenvalue weighted by Gasteiger charge is 2.56. The second-order valence-electron chi connectivity index (χ2n) is 20.4. The van der Waals surface area contributed by atoms with Crippen LogP contribution in [0.2, 0.25) is 0 Å². The number of hydrogen-bond acceptors (Lipinski definition) is 11. The zero-order valence-corrected chi connectivity index (χ0v) is 58.5. The summed E-state index contributed by atoms with van der Waals surface area (Å²) in [6.07, 6.45) is 3.68. The van der Waals surface area contributed by atoms with Crippen molar-refractivity contribution in [1.29, 1.82) is 0 Å². The molecule has 79 heavy (non-hydrogen) atoms. The Balaban J connectivity index is -0.00000183. The van der Waals surface area contributed by atoms with Crippen LogP contribution in [0.25, 0.3) is 0 Å². The maximum Gasteiger partial charge on any atom is 0.246 e. The highest BCUT2D eigenvalue weighted by molar-refractivity contribution is 8.00. The third-order valence-electron chi connectivity index (χ3n) is 14.2. The fraction of sp³-hybridized carbons (Fsp3) is 0.654. The van der Waals surface area contributed by atoms with Gasteiger partial charge in [-0.25, -0.2) is 0 Å². The zero-order valence-electron chi connectivity index (χ0n) is 46.8. The van der Waals surface area contributed by atoms with E-state index < -0.39 is 47.1 Å². The molecule has 27 heteroatoms. The first-order chi connectivity index (χ1) is 33.0. The Morgan fingerprint density at radius 1 is 0.544 bits per heavy atom. The molecular weight excluding hydrogens is 1240 g/mol. The number of fused-ring (bicyclic) bond motifs is 2. The third kappa shape index (κ3) is 23.3. The number of hydrogen-bond donors (Lipinski definition) is 4. The number of ether oxygens (including phenoxy) is 3. The molecule has 0 spiro atoms. The van der Waals surface area contributed by atoms with Crippen LogP contribution in [0.5, 0.6) is 0 Å². The minimum atomic E-state index is -0.736. The van der Waals surface area contributed by atoms with Crippen LogP contribution >= 0.6 is 158 Å². The van der Waals surface area contributed by atoms with E-state index >= 15 is 0 Å². The maximum absolute atomic E-state index is 14.4. The molecule has 6 rings (SSSR count). The van der Waals surface area contributed by atoms with Gasteiger partial charge in [0.2, 0.25) is 35.4 Å². The number of nitrogens with one attached hydrogen (secondary N) is 4. The number of amides is 6. The van der Waals surface area contributed by atoms with Gasteiger partial charge in [-0.2, -0.15) is 135 Å². The largest absolute Gasteiger partial charge is 0.377 e. The van der Waals surface area contributed by atoms with E-state index in [1.54, 1.807) is 33.3 Å². The lowest BCUT2D eigenvalue weighted by Gasteiger charge is -2.35. The van der Waals surface area contributed by atoms with E-state index in [2.05, 4.69) is 21.3 Å². The second kappa shape index (κ2) is 41.4. The van der Waals surface area contributed by atoms with Crippen LogP contribution in [-0.2, 0) is 43.0 Å². The van der Waals surface area contributed by atoms with Crippen LogP contribution in [0.1, 0.15) is 117 Å². The molecule has 4 saturated heterocycles. The molecular formula is C52H96N6O9S12. The molecule has 15 nitrogen and oxygen atoms in total. The predicted octanol–water partition coefficient (Wildman–Crippen LogP) is 7.12. The van der Waals surface area contributed by atoms with Crippen LogP contribution in [0.3, 0.4) is 0 Å². The van der Waals surface area contributed by atoms with Crippen molar-refractivity contribution in [2.75, 3.05) is 51.1 Å². The summed E-state index contributed by atoms with van der Waals surface area (Å²) in [6, 6.07) is 15.4. The van der Waals surface area contributed by atoms with E-state index in [1.165, 1.54) is 0 Å². The molecule has 0 radical (unpaired) electrons. The van der Waals surface area contributed by atoms with Crippen molar-refractivity contribution in [3.05, 3.63) is 71.8 Å². The fourth-order valence-corrected chi connectivity index (χ4v) is 12.9. The lowest BCUT2D eigenvalue weighted by molar-refractivity contribution is -0.144. The summed E-state index contributed by atoms with van der Waals surface area (Å²) in [7, 11) is 0. The number of carbonyl (C=O) groups excluding carboxylic acids is 6. The van der Waals surface area contributed by atoms with Crippen LogP contribution in [-0.4, -0.2) is 131 Å². The standard InChI is InChI=1S/C52H76N6O9S2.10H2S/c1-9-33(3)45(59)53-37-21-27-68-41-29-51(5,6)43(57(41)49(37)63)47(61)55-39(35-17-13-11-14-18-35)31-66-25-23-65-24-26-67-32-40(36-19-15-12-16-20-36)56-48(62)44-52(7,8)30-42-58(44)50(64)38(22-28-69-42)54-46(60)34(4)10-2;;;;;;;;;;/h11-20,33-34,37-44H,9-10,21-32H2,1-8H3,(H,53,59)(H,54,60)(H,55,61)(H,56,62);10*1H2/t33-,34-,37+,38+,39-,40-,41+,42+,43-,44?;;;;;;;;;;/m1........../s1. The van der Waals surface area contributed by atoms with Crippen molar-refractivity contribution in [2.24, 2.45) is 22.7 Å². The first-order valence-corrected chi connectivity index (χ1v) is 27.0.